The molecular formula is C13H24F3N3O. The molecule has 0 aromatic carbocycles. The van der Waals surface area contributed by atoms with Crippen molar-refractivity contribution in [3.8, 4) is 0 Å². The fourth-order valence-corrected chi connectivity index (χ4v) is 2.86. The van der Waals surface area contributed by atoms with Gasteiger partial charge in [0.1, 0.15) is 5.92 Å². The number of hydrogen-bond acceptors (Lipinski definition) is 3. The lowest BCUT2D eigenvalue weighted by atomic mass is 9.74. The number of hydrogen-bond donors (Lipinski definition) is 2. The lowest BCUT2D eigenvalue weighted by Crippen LogP contribution is -2.48. The van der Waals surface area contributed by atoms with E-state index in [9.17, 15) is 13.2 Å². The van der Waals surface area contributed by atoms with Gasteiger partial charge in [-0.2, -0.15) is 13.2 Å². The molecule has 1 atom stereocenters. The van der Waals surface area contributed by atoms with Crippen LogP contribution in [-0.2, 0) is 0 Å². The van der Waals surface area contributed by atoms with E-state index < -0.39 is 17.9 Å². The maximum absolute atomic E-state index is 12.9. The van der Waals surface area contributed by atoms with Gasteiger partial charge >= 0.3 is 6.18 Å². The van der Waals surface area contributed by atoms with Crippen LogP contribution in [0.15, 0.2) is 5.16 Å². The Morgan fingerprint density at radius 1 is 1.30 bits per heavy atom. The summed E-state index contributed by atoms with van der Waals surface area (Å²) in [5, 5.41) is 11.0. The maximum atomic E-state index is 12.9. The van der Waals surface area contributed by atoms with E-state index >= 15 is 0 Å². The number of rotatable bonds is 5. The normalized spacial score (nSPS) is 22.8. The number of likely N-dealkylation sites (tertiary alicyclic amines) is 1. The van der Waals surface area contributed by atoms with Crippen molar-refractivity contribution < 1.29 is 18.4 Å². The Kier molecular flexibility index (Phi) is 5.68. The van der Waals surface area contributed by atoms with Crippen molar-refractivity contribution in [2.45, 2.75) is 45.7 Å². The van der Waals surface area contributed by atoms with E-state index in [-0.39, 0.29) is 12.0 Å². The number of nitrogens with zero attached hydrogens (tertiary/aromatic N) is 2. The zero-order valence-electron chi connectivity index (χ0n) is 12.1. The first-order valence-corrected chi connectivity index (χ1v) is 7.04. The minimum absolute atomic E-state index is 0.233. The highest BCUT2D eigenvalue weighted by Crippen LogP contribution is 2.38. The summed E-state index contributed by atoms with van der Waals surface area (Å²) >= 11 is 0. The molecular weight excluding hydrogens is 271 g/mol. The van der Waals surface area contributed by atoms with Crippen LogP contribution < -0.4 is 5.73 Å². The van der Waals surface area contributed by atoms with Gasteiger partial charge in [0, 0.05) is 6.54 Å². The van der Waals surface area contributed by atoms with Crippen LogP contribution in [0.1, 0.15) is 39.5 Å². The van der Waals surface area contributed by atoms with Gasteiger partial charge in [-0.05, 0) is 31.3 Å². The minimum Gasteiger partial charge on any atom is -0.409 e. The highest BCUT2D eigenvalue weighted by molar-refractivity contribution is 5.83. The predicted molar refractivity (Wildman–Crippen MR) is 71.6 cm³/mol. The van der Waals surface area contributed by atoms with Crippen LogP contribution in [0.25, 0.3) is 0 Å². The standard InChI is InChI=1S/C13H24F3N3O/c1-3-12(4-2)5-7-19(8-6-12)9-10(11(17)18-20)13(14,15)16/h10,20H,3-9H2,1-2H3,(H2,17,18). The second-order valence-corrected chi connectivity index (χ2v) is 5.63. The van der Waals surface area contributed by atoms with Crippen molar-refractivity contribution in [1.29, 1.82) is 0 Å². The van der Waals surface area contributed by atoms with E-state index in [2.05, 4.69) is 19.0 Å². The molecule has 20 heavy (non-hydrogen) atoms. The van der Waals surface area contributed by atoms with E-state index in [4.69, 9.17) is 10.9 Å². The summed E-state index contributed by atoms with van der Waals surface area (Å²) in [6.07, 6.45) is -0.567. The highest BCUT2D eigenvalue weighted by Gasteiger charge is 2.44. The van der Waals surface area contributed by atoms with Crippen LogP contribution in [-0.4, -0.2) is 41.8 Å². The Bertz CT molecular complexity index is 330. The molecule has 1 heterocycles. The van der Waals surface area contributed by atoms with E-state index in [1.54, 1.807) is 4.90 Å². The topological polar surface area (TPSA) is 61.8 Å². The molecule has 1 aliphatic rings. The molecule has 0 radical (unpaired) electrons. The van der Waals surface area contributed by atoms with E-state index in [1.165, 1.54) is 0 Å². The Hall–Kier alpha value is -0.980. The lowest BCUT2D eigenvalue weighted by Gasteiger charge is -2.42. The Labute approximate surface area is 117 Å². The molecule has 1 saturated heterocycles. The molecule has 3 N–H and O–H groups in total. The number of nitrogens with two attached hydrogens (primary N) is 1. The molecule has 0 saturated carbocycles. The number of piperidine rings is 1. The second-order valence-electron chi connectivity index (χ2n) is 5.63. The zero-order chi connectivity index (χ0) is 15.4. The molecule has 118 valence electrons. The Morgan fingerprint density at radius 2 is 1.80 bits per heavy atom. The number of oxime groups is 1. The first kappa shape index (κ1) is 17.1. The molecule has 0 aromatic heterocycles. The Balaban J connectivity index is 2.65. The van der Waals surface area contributed by atoms with Gasteiger partial charge in [-0.1, -0.05) is 31.8 Å². The summed E-state index contributed by atoms with van der Waals surface area (Å²) in [6.45, 7) is 5.30. The summed E-state index contributed by atoms with van der Waals surface area (Å²) in [4.78, 5) is 1.76. The highest BCUT2D eigenvalue weighted by atomic mass is 19.4. The quantitative estimate of drug-likeness (QED) is 0.355. The maximum Gasteiger partial charge on any atom is 0.400 e. The molecule has 7 heteroatoms. The van der Waals surface area contributed by atoms with Gasteiger partial charge in [0.05, 0.1) is 0 Å². The molecule has 1 unspecified atom stereocenters. The SMILES string of the molecule is CCC1(CC)CCN(CC(C(N)=NO)C(F)(F)F)CC1. The van der Waals surface area contributed by atoms with Gasteiger partial charge in [-0.3, -0.25) is 0 Å². The molecule has 0 aliphatic carbocycles. The summed E-state index contributed by atoms with van der Waals surface area (Å²) in [5.74, 6) is -2.66. The van der Waals surface area contributed by atoms with Gasteiger partial charge < -0.3 is 15.8 Å². The monoisotopic (exact) mass is 295 g/mol. The van der Waals surface area contributed by atoms with Crippen LogP contribution in [0.4, 0.5) is 13.2 Å². The Morgan fingerprint density at radius 3 is 2.15 bits per heavy atom. The first-order valence-electron chi connectivity index (χ1n) is 7.04. The molecule has 0 amide bonds. The molecule has 0 aromatic rings. The van der Waals surface area contributed by atoms with Gasteiger partial charge in [0.15, 0.2) is 5.84 Å². The van der Waals surface area contributed by atoms with E-state index in [1.807, 2.05) is 0 Å². The van der Waals surface area contributed by atoms with Crippen LogP contribution in [0.5, 0.6) is 0 Å². The molecule has 1 rings (SSSR count). The summed E-state index contributed by atoms with van der Waals surface area (Å²) in [5.41, 5.74) is 5.44. The van der Waals surface area contributed by atoms with E-state index in [0.29, 0.717) is 13.1 Å². The summed E-state index contributed by atoms with van der Waals surface area (Å²) in [6, 6.07) is 0. The average Bonchev–Trinajstić information content (AvgIpc) is 2.43. The third-order valence-corrected chi connectivity index (χ3v) is 4.73. The number of halogens is 3. The number of amidine groups is 1. The van der Waals surface area contributed by atoms with Crippen LogP contribution in [0.2, 0.25) is 0 Å². The van der Waals surface area contributed by atoms with Crippen molar-refractivity contribution in [3.05, 3.63) is 0 Å². The molecule has 1 fully saturated rings. The van der Waals surface area contributed by atoms with Crippen molar-refractivity contribution >= 4 is 5.84 Å². The summed E-state index contributed by atoms with van der Waals surface area (Å²) in [7, 11) is 0. The smallest absolute Gasteiger partial charge is 0.400 e. The van der Waals surface area contributed by atoms with Crippen LogP contribution in [0, 0.1) is 11.3 Å². The second kappa shape index (κ2) is 6.65. The van der Waals surface area contributed by atoms with Crippen LogP contribution in [0.3, 0.4) is 0 Å². The van der Waals surface area contributed by atoms with Crippen molar-refractivity contribution in [3.63, 3.8) is 0 Å². The largest absolute Gasteiger partial charge is 0.409 e. The van der Waals surface area contributed by atoms with Crippen molar-refractivity contribution in [2.24, 2.45) is 22.2 Å². The number of alkyl halides is 3. The van der Waals surface area contributed by atoms with Gasteiger partial charge in [0.25, 0.3) is 0 Å². The van der Waals surface area contributed by atoms with Crippen LogP contribution >= 0.6 is 0 Å². The summed E-state index contributed by atoms with van der Waals surface area (Å²) < 4.78 is 38.7. The predicted octanol–water partition coefficient (Wildman–Crippen LogP) is 2.81. The first-order chi connectivity index (χ1) is 9.28. The minimum atomic E-state index is -4.49. The third kappa shape index (κ3) is 4.01. The molecule has 1 aliphatic heterocycles. The van der Waals surface area contributed by atoms with Gasteiger partial charge in [-0.25, -0.2) is 0 Å². The van der Waals surface area contributed by atoms with Crippen molar-refractivity contribution in [2.75, 3.05) is 19.6 Å². The lowest BCUT2D eigenvalue weighted by molar-refractivity contribution is -0.161. The molecule has 4 nitrogen and oxygen atoms in total. The third-order valence-electron chi connectivity index (χ3n) is 4.73. The molecule has 0 bridgehead atoms. The fraction of sp³-hybridized carbons (Fsp3) is 0.923. The fourth-order valence-electron chi connectivity index (χ4n) is 2.86. The average molecular weight is 295 g/mol. The molecule has 0 spiro atoms. The van der Waals surface area contributed by atoms with Gasteiger partial charge in [0.2, 0.25) is 0 Å². The van der Waals surface area contributed by atoms with E-state index in [0.717, 1.165) is 25.7 Å². The zero-order valence-corrected chi connectivity index (χ0v) is 12.1. The van der Waals surface area contributed by atoms with Gasteiger partial charge in [-0.15, -0.1) is 0 Å². The van der Waals surface area contributed by atoms with Crippen molar-refractivity contribution in [1.82, 2.24) is 4.90 Å².